The molecule has 1 aromatic carbocycles. The molecule has 0 aliphatic heterocycles. The molecule has 0 aliphatic carbocycles. The summed E-state index contributed by atoms with van der Waals surface area (Å²) in [6, 6.07) is 7.86. The van der Waals surface area contributed by atoms with Crippen molar-refractivity contribution >= 4 is 5.97 Å². The fraction of sp³-hybridized carbons (Fsp3) is 0.214. The molecule has 0 spiro atoms. The quantitative estimate of drug-likeness (QED) is 0.444. The highest BCUT2D eigenvalue weighted by Gasteiger charge is 1.91. The molecule has 0 heterocycles. The highest BCUT2D eigenvalue weighted by atomic mass is 16.5. The van der Waals surface area contributed by atoms with Crippen LogP contribution in [0.2, 0.25) is 0 Å². The third-order valence-electron chi connectivity index (χ3n) is 2.19. The van der Waals surface area contributed by atoms with Crippen LogP contribution in [0, 0.1) is 0 Å². The predicted molar refractivity (Wildman–Crippen MR) is 67.0 cm³/mol. The lowest BCUT2D eigenvalue weighted by atomic mass is 10.1. The third-order valence-corrected chi connectivity index (χ3v) is 2.19. The standard InChI is InChI=1S/C14H16O3/c1-16-13-10-8-12(9-11-13)6-4-3-5-7-14(15)17-2/h3-5,7-11H,6H2,1-2H3. The lowest BCUT2D eigenvalue weighted by Crippen LogP contribution is -1.92. The van der Waals surface area contributed by atoms with Crippen molar-refractivity contribution < 1.29 is 14.3 Å². The second-order valence-electron chi connectivity index (χ2n) is 3.36. The number of esters is 1. The molecule has 17 heavy (non-hydrogen) atoms. The van der Waals surface area contributed by atoms with Crippen molar-refractivity contribution in [3.8, 4) is 5.75 Å². The van der Waals surface area contributed by atoms with E-state index in [1.54, 1.807) is 13.2 Å². The molecule has 0 atom stereocenters. The van der Waals surface area contributed by atoms with Crippen LogP contribution in [-0.4, -0.2) is 20.2 Å². The normalized spacial score (nSPS) is 10.9. The van der Waals surface area contributed by atoms with Crippen LogP contribution in [0.1, 0.15) is 5.56 Å². The zero-order valence-electron chi connectivity index (χ0n) is 10.1. The summed E-state index contributed by atoms with van der Waals surface area (Å²) in [5.41, 5.74) is 1.19. The Labute approximate surface area is 101 Å². The van der Waals surface area contributed by atoms with Gasteiger partial charge in [0.1, 0.15) is 5.75 Å². The highest BCUT2D eigenvalue weighted by molar-refractivity contribution is 5.82. The van der Waals surface area contributed by atoms with Crippen molar-refractivity contribution in [3.63, 3.8) is 0 Å². The summed E-state index contributed by atoms with van der Waals surface area (Å²) in [6.07, 6.45) is 7.65. The Kier molecular flexibility index (Phi) is 5.58. The predicted octanol–water partition coefficient (Wildman–Crippen LogP) is 2.52. The number of rotatable bonds is 5. The molecule has 0 aliphatic rings. The van der Waals surface area contributed by atoms with E-state index in [0.29, 0.717) is 0 Å². The molecule has 1 rings (SSSR count). The van der Waals surface area contributed by atoms with E-state index in [4.69, 9.17) is 4.74 Å². The Morgan fingerprint density at radius 2 is 1.88 bits per heavy atom. The summed E-state index contributed by atoms with van der Waals surface area (Å²) >= 11 is 0. The van der Waals surface area contributed by atoms with E-state index in [1.807, 2.05) is 36.4 Å². The molecule has 0 saturated heterocycles. The highest BCUT2D eigenvalue weighted by Crippen LogP contribution is 2.11. The van der Waals surface area contributed by atoms with Crippen LogP contribution in [0.25, 0.3) is 0 Å². The first-order chi connectivity index (χ1) is 8.26. The van der Waals surface area contributed by atoms with E-state index in [0.717, 1.165) is 12.2 Å². The van der Waals surface area contributed by atoms with E-state index in [1.165, 1.54) is 18.7 Å². The number of ether oxygens (including phenoxy) is 2. The van der Waals surface area contributed by atoms with Gasteiger partial charge >= 0.3 is 5.97 Å². The summed E-state index contributed by atoms with van der Waals surface area (Å²) in [5.74, 6) is 0.502. The number of hydrogen-bond acceptors (Lipinski definition) is 3. The van der Waals surface area contributed by atoms with Gasteiger partial charge in [-0.15, -0.1) is 0 Å². The van der Waals surface area contributed by atoms with Crippen LogP contribution in [0.15, 0.2) is 48.6 Å². The molecule has 0 saturated carbocycles. The largest absolute Gasteiger partial charge is 0.497 e. The Balaban J connectivity index is 2.41. The van der Waals surface area contributed by atoms with Gasteiger partial charge in [-0.25, -0.2) is 4.79 Å². The molecule has 90 valence electrons. The molecular formula is C14H16O3. The second-order valence-corrected chi connectivity index (χ2v) is 3.36. The number of carbonyl (C=O) groups excluding carboxylic acids is 1. The number of methoxy groups -OCH3 is 2. The molecule has 0 fully saturated rings. The zero-order chi connectivity index (χ0) is 12.5. The first-order valence-electron chi connectivity index (χ1n) is 5.30. The van der Waals surface area contributed by atoms with Gasteiger partial charge in [0.2, 0.25) is 0 Å². The van der Waals surface area contributed by atoms with E-state index in [9.17, 15) is 4.79 Å². The van der Waals surface area contributed by atoms with Gasteiger partial charge in [-0.05, 0) is 24.1 Å². The second kappa shape index (κ2) is 7.28. The Bertz CT molecular complexity index is 402. The van der Waals surface area contributed by atoms with E-state index in [-0.39, 0.29) is 5.97 Å². The molecule has 0 N–H and O–H groups in total. The van der Waals surface area contributed by atoms with Gasteiger partial charge in [-0.2, -0.15) is 0 Å². The van der Waals surface area contributed by atoms with E-state index < -0.39 is 0 Å². The number of benzene rings is 1. The van der Waals surface area contributed by atoms with E-state index in [2.05, 4.69) is 4.74 Å². The maximum absolute atomic E-state index is 10.8. The summed E-state index contributed by atoms with van der Waals surface area (Å²) < 4.78 is 9.54. The first-order valence-corrected chi connectivity index (χ1v) is 5.30. The van der Waals surface area contributed by atoms with Gasteiger partial charge in [0.25, 0.3) is 0 Å². The fourth-order valence-corrected chi connectivity index (χ4v) is 1.25. The van der Waals surface area contributed by atoms with Gasteiger partial charge in [0, 0.05) is 6.08 Å². The van der Waals surface area contributed by atoms with Crippen molar-refractivity contribution in [1.29, 1.82) is 0 Å². The molecule has 1 aromatic rings. The average Bonchev–Trinajstić information content (AvgIpc) is 2.38. The van der Waals surface area contributed by atoms with Crippen LogP contribution < -0.4 is 4.74 Å². The number of allylic oxidation sites excluding steroid dienone is 3. The topological polar surface area (TPSA) is 35.5 Å². The van der Waals surface area contributed by atoms with Crippen LogP contribution in [0.4, 0.5) is 0 Å². The Morgan fingerprint density at radius 1 is 1.18 bits per heavy atom. The van der Waals surface area contributed by atoms with Crippen LogP contribution >= 0.6 is 0 Å². The van der Waals surface area contributed by atoms with Crippen molar-refractivity contribution in [2.75, 3.05) is 14.2 Å². The molecular weight excluding hydrogens is 216 g/mol. The maximum atomic E-state index is 10.8. The van der Waals surface area contributed by atoms with Gasteiger partial charge in [-0.1, -0.05) is 30.4 Å². The molecule has 3 nitrogen and oxygen atoms in total. The van der Waals surface area contributed by atoms with Crippen molar-refractivity contribution in [3.05, 3.63) is 54.1 Å². The van der Waals surface area contributed by atoms with Gasteiger partial charge in [0.05, 0.1) is 14.2 Å². The lowest BCUT2D eigenvalue weighted by Gasteiger charge is -2.00. The van der Waals surface area contributed by atoms with Crippen molar-refractivity contribution in [1.82, 2.24) is 0 Å². The van der Waals surface area contributed by atoms with Gasteiger partial charge < -0.3 is 9.47 Å². The van der Waals surface area contributed by atoms with Crippen LogP contribution in [0.3, 0.4) is 0 Å². The molecule has 0 aromatic heterocycles. The van der Waals surface area contributed by atoms with Gasteiger partial charge in [0.15, 0.2) is 0 Å². The summed E-state index contributed by atoms with van der Waals surface area (Å²) in [6.45, 7) is 0. The SMILES string of the molecule is COC(=O)C=CC=CCc1ccc(OC)cc1. The first kappa shape index (κ1) is 13.0. The average molecular weight is 232 g/mol. The lowest BCUT2D eigenvalue weighted by molar-refractivity contribution is -0.134. The Hall–Kier alpha value is -2.03. The molecule has 0 bridgehead atoms. The van der Waals surface area contributed by atoms with E-state index >= 15 is 0 Å². The minimum atomic E-state index is -0.348. The molecule has 3 heteroatoms. The molecule has 0 radical (unpaired) electrons. The Morgan fingerprint density at radius 3 is 2.47 bits per heavy atom. The fourth-order valence-electron chi connectivity index (χ4n) is 1.25. The number of carbonyl (C=O) groups is 1. The van der Waals surface area contributed by atoms with Crippen LogP contribution in [0.5, 0.6) is 5.75 Å². The summed E-state index contributed by atoms with van der Waals surface area (Å²) in [5, 5.41) is 0. The smallest absolute Gasteiger partial charge is 0.330 e. The van der Waals surface area contributed by atoms with Gasteiger partial charge in [-0.3, -0.25) is 0 Å². The minimum Gasteiger partial charge on any atom is -0.497 e. The monoisotopic (exact) mass is 232 g/mol. The van der Waals surface area contributed by atoms with Crippen molar-refractivity contribution in [2.45, 2.75) is 6.42 Å². The molecule has 0 unspecified atom stereocenters. The zero-order valence-corrected chi connectivity index (χ0v) is 10.1. The van der Waals surface area contributed by atoms with Crippen molar-refractivity contribution in [2.24, 2.45) is 0 Å². The van der Waals surface area contributed by atoms with Crippen LogP contribution in [-0.2, 0) is 16.0 Å². The minimum absolute atomic E-state index is 0.348. The number of hydrogen-bond donors (Lipinski definition) is 0. The molecule has 0 amide bonds. The summed E-state index contributed by atoms with van der Waals surface area (Å²) in [7, 11) is 3.00. The third kappa shape index (κ3) is 5.02. The maximum Gasteiger partial charge on any atom is 0.330 e. The summed E-state index contributed by atoms with van der Waals surface area (Å²) in [4.78, 5) is 10.8.